The van der Waals surface area contributed by atoms with Crippen molar-refractivity contribution < 1.29 is 0 Å². The fraction of sp³-hybridized carbons (Fsp3) is 1.00. The summed E-state index contributed by atoms with van der Waals surface area (Å²) in [4.78, 5) is 2.51. The van der Waals surface area contributed by atoms with Crippen LogP contribution in [-0.4, -0.2) is 55.5 Å². The van der Waals surface area contributed by atoms with Gasteiger partial charge in [0.25, 0.3) is 0 Å². The molecule has 0 heterocycles. The van der Waals surface area contributed by atoms with Gasteiger partial charge in [0.15, 0.2) is 0 Å². The Bertz CT molecular complexity index is 171. The van der Waals surface area contributed by atoms with E-state index < -0.39 is 0 Å². The van der Waals surface area contributed by atoms with E-state index in [-0.39, 0.29) is 0 Å². The molecule has 3 heteroatoms. The van der Waals surface area contributed by atoms with Crippen molar-refractivity contribution in [1.29, 1.82) is 0 Å². The van der Waals surface area contributed by atoms with Crippen molar-refractivity contribution in [2.24, 2.45) is 0 Å². The van der Waals surface area contributed by atoms with Gasteiger partial charge in [-0.15, -0.1) is 7.92 Å². The van der Waals surface area contributed by atoms with E-state index >= 15 is 0 Å². The highest BCUT2D eigenvalue weighted by atomic mass is 32.2. The van der Waals surface area contributed by atoms with Crippen LogP contribution < -0.4 is 0 Å². The lowest BCUT2D eigenvalue weighted by atomic mass is 10.0. The molecule has 0 aromatic carbocycles. The van der Waals surface area contributed by atoms with Crippen molar-refractivity contribution in [1.82, 2.24) is 4.90 Å². The molecule has 0 aliphatic heterocycles. The van der Waals surface area contributed by atoms with Gasteiger partial charge in [0.05, 0.1) is 0 Å². The van der Waals surface area contributed by atoms with Crippen molar-refractivity contribution in [2.75, 3.05) is 45.0 Å². The molecule has 96 valence electrons. The molecule has 0 amide bonds. The Labute approximate surface area is 107 Å². The summed E-state index contributed by atoms with van der Waals surface area (Å²) in [6.07, 6.45) is 11.2. The Hall–Kier alpha value is 0.740. The zero-order valence-electron chi connectivity index (χ0n) is 11.2. The van der Waals surface area contributed by atoms with E-state index in [1.54, 1.807) is 0 Å². The van der Waals surface area contributed by atoms with Crippen LogP contribution in [0.3, 0.4) is 0 Å². The minimum absolute atomic E-state index is 0.305. The van der Waals surface area contributed by atoms with Gasteiger partial charge in [-0.3, -0.25) is 0 Å². The summed E-state index contributed by atoms with van der Waals surface area (Å²) >= 11 is 1.96. The van der Waals surface area contributed by atoms with E-state index in [1.165, 1.54) is 57.1 Å². The normalized spacial score (nSPS) is 20.2. The maximum Gasteiger partial charge on any atom is 0.00693 e. The molecule has 1 rings (SSSR count). The molecule has 0 N–H and O–H groups in total. The Morgan fingerprint density at radius 1 is 1.19 bits per heavy atom. The Morgan fingerprint density at radius 3 is 2.50 bits per heavy atom. The number of hydrogen-bond donors (Lipinski definition) is 0. The molecule has 1 aliphatic carbocycles. The monoisotopic (exact) mass is 261 g/mol. The molecule has 0 aromatic heterocycles. The van der Waals surface area contributed by atoms with Crippen LogP contribution in [0, 0.1) is 0 Å². The van der Waals surface area contributed by atoms with Crippen molar-refractivity contribution in [2.45, 2.75) is 37.8 Å². The van der Waals surface area contributed by atoms with Crippen LogP contribution in [0.1, 0.15) is 32.1 Å². The quantitative estimate of drug-likeness (QED) is 0.643. The van der Waals surface area contributed by atoms with Gasteiger partial charge in [0.2, 0.25) is 0 Å². The fourth-order valence-corrected chi connectivity index (χ4v) is 5.15. The second-order valence-corrected chi connectivity index (χ2v) is 8.75. The van der Waals surface area contributed by atoms with E-state index in [0.717, 1.165) is 5.66 Å². The van der Waals surface area contributed by atoms with E-state index in [1.807, 2.05) is 11.8 Å². The molecule has 1 aliphatic rings. The van der Waals surface area contributed by atoms with Gasteiger partial charge in [-0.1, -0.05) is 19.3 Å². The van der Waals surface area contributed by atoms with Gasteiger partial charge in [0.1, 0.15) is 0 Å². The average molecular weight is 261 g/mol. The summed E-state index contributed by atoms with van der Waals surface area (Å²) in [6.45, 7) is 5.11. The Balaban J connectivity index is 2.10. The van der Waals surface area contributed by atoms with E-state index in [4.69, 9.17) is 0 Å². The molecular weight excluding hydrogens is 233 g/mol. The van der Waals surface area contributed by atoms with Crippen LogP contribution in [0.2, 0.25) is 0 Å². The minimum atomic E-state index is 0.305. The van der Waals surface area contributed by atoms with Crippen molar-refractivity contribution >= 4 is 19.7 Å². The smallest absolute Gasteiger partial charge is 0.00693 e. The summed E-state index contributed by atoms with van der Waals surface area (Å²) in [6, 6.07) is 0. The zero-order chi connectivity index (χ0) is 11.8. The molecule has 16 heavy (non-hydrogen) atoms. The summed E-state index contributed by atoms with van der Waals surface area (Å²) in [5.41, 5.74) is 1.10. The van der Waals surface area contributed by atoms with Gasteiger partial charge in [-0.2, -0.15) is 11.8 Å². The molecule has 0 saturated heterocycles. The average Bonchev–Trinajstić information content (AvgIpc) is 2.34. The first-order valence-corrected chi connectivity index (χ1v) is 10.1. The lowest BCUT2D eigenvalue weighted by Crippen LogP contribution is -2.25. The highest BCUT2D eigenvalue weighted by Gasteiger charge is 2.19. The molecular formula is C13H28NPS. The topological polar surface area (TPSA) is 3.24 Å². The maximum atomic E-state index is 2.54. The van der Waals surface area contributed by atoms with Crippen molar-refractivity contribution in [3.8, 4) is 0 Å². The lowest BCUT2D eigenvalue weighted by Gasteiger charge is -2.29. The van der Waals surface area contributed by atoms with Crippen LogP contribution in [0.5, 0.6) is 0 Å². The van der Waals surface area contributed by atoms with Crippen LogP contribution >= 0.6 is 19.7 Å². The van der Waals surface area contributed by atoms with E-state index in [2.05, 4.69) is 24.9 Å². The second kappa shape index (κ2) is 8.78. The van der Waals surface area contributed by atoms with E-state index in [0.29, 0.717) is 7.92 Å². The molecule has 1 saturated carbocycles. The third kappa shape index (κ3) is 5.89. The molecule has 1 nitrogen and oxygen atoms in total. The molecule has 0 bridgehead atoms. The predicted molar refractivity (Wildman–Crippen MR) is 80.5 cm³/mol. The van der Waals surface area contributed by atoms with Crippen LogP contribution in [0.4, 0.5) is 0 Å². The first kappa shape index (κ1) is 14.8. The number of thioether (sulfide) groups is 1. The zero-order valence-corrected chi connectivity index (χ0v) is 13.0. The first-order chi connectivity index (χ1) is 7.74. The third-order valence-corrected chi connectivity index (χ3v) is 6.97. The highest BCUT2D eigenvalue weighted by Crippen LogP contribution is 2.44. The minimum Gasteiger partial charge on any atom is -0.305 e. The Morgan fingerprint density at radius 2 is 1.88 bits per heavy atom. The molecule has 0 spiro atoms. The van der Waals surface area contributed by atoms with Gasteiger partial charge >= 0.3 is 0 Å². The molecule has 1 unspecified atom stereocenters. The highest BCUT2D eigenvalue weighted by molar-refractivity contribution is 7.98. The number of nitrogens with zero attached hydrogens (tertiary/aromatic N) is 1. The summed E-state index contributed by atoms with van der Waals surface area (Å²) in [7, 11) is 2.58. The molecule has 0 aromatic rings. The summed E-state index contributed by atoms with van der Waals surface area (Å²) in [5.74, 6) is 1.28. The Kier molecular flexibility index (Phi) is 8.12. The van der Waals surface area contributed by atoms with Crippen LogP contribution in [-0.2, 0) is 0 Å². The largest absolute Gasteiger partial charge is 0.305 e. The number of rotatable bonds is 7. The summed E-state index contributed by atoms with van der Waals surface area (Å²) < 4.78 is 0. The predicted octanol–water partition coefficient (Wildman–Crippen LogP) is 3.73. The summed E-state index contributed by atoms with van der Waals surface area (Å²) in [5, 5.41) is 0. The van der Waals surface area contributed by atoms with Crippen LogP contribution in [0.15, 0.2) is 0 Å². The molecule has 1 fully saturated rings. The van der Waals surface area contributed by atoms with Crippen molar-refractivity contribution in [3.63, 3.8) is 0 Å². The van der Waals surface area contributed by atoms with Gasteiger partial charge in [0, 0.05) is 18.8 Å². The van der Waals surface area contributed by atoms with Gasteiger partial charge < -0.3 is 4.90 Å². The first-order valence-electron chi connectivity index (χ1n) is 6.61. The standard InChI is InChI=1S/C13H28NPS/c1-14(10-12-16-3)9-11-15(2)13-7-5-4-6-8-13/h13H,4-12H2,1-3H3. The SMILES string of the molecule is CSCCN(C)CCP(C)C1CCCCC1. The number of hydrogen-bond acceptors (Lipinski definition) is 2. The second-order valence-electron chi connectivity index (χ2n) is 5.07. The molecule has 0 radical (unpaired) electrons. The lowest BCUT2D eigenvalue weighted by molar-refractivity contribution is 0.378. The third-order valence-electron chi connectivity index (χ3n) is 3.71. The fourth-order valence-electron chi connectivity index (χ4n) is 2.39. The molecule has 1 atom stereocenters. The van der Waals surface area contributed by atoms with Gasteiger partial charge in [-0.25, -0.2) is 0 Å². The maximum absolute atomic E-state index is 2.54. The van der Waals surface area contributed by atoms with Gasteiger partial charge in [-0.05, 0) is 44.6 Å². The van der Waals surface area contributed by atoms with E-state index in [9.17, 15) is 0 Å². The van der Waals surface area contributed by atoms with Crippen molar-refractivity contribution in [3.05, 3.63) is 0 Å². The van der Waals surface area contributed by atoms with Crippen LogP contribution in [0.25, 0.3) is 0 Å².